The van der Waals surface area contributed by atoms with E-state index in [0.29, 0.717) is 13.2 Å². The molecule has 2 aromatic rings. The first-order valence-corrected chi connectivity index (χ1v) is 10.5. The third-order valence-corrected chi connectivity index (χ3v) is 5.10. The van der Waals surface area contributed by atoms with Gasteiger partial charge >= 0.3 is 6.03 Å². The van der Waals surface area contributed by atoms with Gasteiger partial charge in [-0.3, -0.25) is 0 Å². The van der Waals surface area contributed by atoms with Gasteiger partial charge < -0.3 is 20.3 Å². The van der Waals surface area contributed by atoms with Gasteiger partial charge in [0.15, 0.2) is 0 Å². The third kappa shape index (κ3) is 6.42. The van der Waals surface area contributed by atoms with Gasteiger partial charge in [-0.25, -0.2) is 13.6 Å². The van der Waals surface area contributed by atoms with E-state index in [1.165, 1.54) is 12.1 Å². The number of ether oxygens (including phenoxy) is 1. The highest BCUT2D eigenvalue weighted by Crippen LogP contribution is 2.18. The van der Waals surface area contributed by atoms with E-state index in [4.69, 9.17) is 4.74 Å². The van der Waals surface area contributed by atoms with E-state index >= 15 is 0 Å². The Labute approximate surface area is 176 Å². The first kappa shape index (κ1) is 22.0. The van der Waals surface area contributed by atoms with Gasteiger partial charge in [0.05, 0.1) is 13.2 Å². The standard InChI is InChI=1S/C23H29F2N3O2/c1-2-13-30-21-7-3-17(4-8-21)15-28(16-18-5-6-19(24)14-22(18)25)23(29)27-20-9-11-26-12-10-20/h3-8,14,20,26H,2,9-13,15-16H2,1H3,(H,27,29). The Morgan fingerprint density at radius 3 is 2.53 bits per heavy atom. The van der Waals surface area contributed by atoms with Crippen LogP contribution in [0.5, 0.6) is 5.75 Å². The first-order chi connectivity index (χ1) is 14.5. The molecule has 30 heavy (non-hydrogen) atoms. The Hall–Kier alpha value is -2.67. The maximum atomic E-state index is 14.2. The van der Waals surface area contributed by atoms with Crippen molar-refractivity contribution in [2.45, 2.75) is 45.3 Å². The van der Waals surface area contributed by atoms with Crippen LogP contribution in [0.1, 0.15) is 37.3 Å². The lowest BCUT2D eigenvalue weighted by atomic mass is 10.1. The number of carbonyl (C=O) groups excluding carboxylic acids is 1. The summed E-state index contributed by atoms with van der Waals surface area (Å²) in [5, 5.41) is 6.32. The number of rotatable bonds is 8. The molecule has 1 saturated heterocycles. The predicted molar refractivity (Wildman–Crippen MR) is 112 cm³/mol. The van der Waals surface area contributed by atoms with Gasteiger partial charge in [0.1, 0.15) is 17.4 Å². The van der Waals surface area contributed by atoms with Gasteiger partial charge in [0.2, 0.25) is 0 Å². The molecule has 1 heterocycles. The SMILES string of the molecule is CCCOc1ccc(CN(Cc2ccc(F)cc2F)C(=O)NC2CCNCC2)cc1. The van der Waals surface area contributed by atoms with E-state index in [0.717, 1.165) is 49.7 Å². The summed E-state index contributed by atoms with van der Waals surface area (Å²) in [4.78, 5) is 14.5. The molecule has 1 aliphatic rings. The summed E-state index contributed by atoms with van der Waals surface area (Å²) in [7, 11) is 0. The minimum absolute atomic E-state index is 0.0526. The van der Waals surface area contributed by atoms with Crippen molar-refractivity contribution in [1.82, 2.24) is 15.5 Å². The summed E-state index contributed by atoms with van der Waals surface area (Å²) in [5.41, 5.74) is 1.18. The summed E-state index contributed by atoms with van der Waals surface area (Å²) in [6, 6.07) is 10.8. The maximum absolute atomic E-state index is 14.2. The molecular weight excluding hydrogens is 388 g/mol. The molecular formula is C23H29F2N3O2. The van der Waals surface area contributed by atoms with Crippen molar-refractivity contribution >= 4 is 6.03 Å². The normalized spacial score (nSPS) is 14.4. The zero-order valence-corrected chi connectivity index (χ0v) is 17.3. The molecule has 0 spiro atoms. The lowest BCUT2D eigenvalue weighted by Crippen LogP contribution is -2.48. The molecule has 3 rings (SSSR count). The van der Waals surface area contributed by atoms with E-state index in [1.54, 1.807) is 4.90 Å². The molecule has 2 aromatic carbocycles. The molecule has 2 amide bonds. The second-order valence-electron chi connectivity index (χ2n) is 7.56. The lowest BCUT2D eigenvalue weighted by molar-refractivity contribution is 0.184. The van der Waals surface area contributed by atoms with Crippen molar-refractivity contribution < 1.29 is 18.3 Å². The monoisotopic (exact) mass is 417 g/mol. The van der Waals surface area contributed by atoms with E-state index in [9.17, 15) is 13.6 Å². The molecule has 1 fully saturated rings. The summed E-state index contributed by atoms with van der Waals surface area (Å²) in [5.74, 6) is -0.515. The Kier molecular flexibility index (Phi) is 8.02. The fraction of sp³-hybridized carbons (Fsp3) is 0.435. The second kappa shape index (κ2) is 10.9. The van der Waals surface area contributed by atoms with Crippen LogP contribution in [0.25, 0.3) is 0 Å². The summed E-state index contributed by atoms with van der Waals surface area (Å²) in [6.07, 6.45) is 2.64. The Morgan fingerprint density at radius 2 is 1.87 bits per heavy atom. The van der Waals surface area contributed by atoms with E-state index in [2.05, 4.69) is 10.6 Å². The van der Waals surface area contributed by atoms with E-state index in [-0.39, 0.29) is 24.2 Å². The number of halogens is 2. The number of hydrogen-bond acceptors (Lipinski definition) is 3. The van der Waals surface area contributed by atoms with Crippen molar-refractivity contribution in [3.05, 3.63) is 65.2 Å². The van der Waals surface area contributed by atoms with Crippen LogP contribution in [0.4, 0.5) is 13.6 Å². The van der Waals surface area contributed by atoms with Gasteiger partial charge in [-0.15, -0.1) is 0 Å². The van der Waals surface area contributed by atoms with Crippen molar-refractivity contribution in [3.63, 3.8) is 0 Å². The highest BCUT2D eigenvalue weighted by molar-refractivity contribution is 5.74. The van der Waals surface area contributed by atoms with Crippen LogP contribution in [0.3, 0.4) is 0 Å². The molecule has 0 atom stereocenters. The number of benzene rings is 2. The van der Waals surface area contributed by atoms with Crippen LogP contribution in [-0.2, 0) is 13.1 Å². The largest absolute Gasteiger partial charge is 0.494 e. The van der Waals surface area contributed by atoms with Gasteiger partial charge in [-0.05, 0) is 56.1 Å². The van der Waals surface area contributed by atoms with Crippen LogP contribution in [0, 0.1) is 11.6 Å². The summed E-state index contributed by atoms with van der Waals surface area (Å²) >= 11 is 0. The molecule has 2 N–H and O–H groups in total. The molecule has 0 aromatic heterocycles. The van der Waals surface area contributed by atoms with Gasteiger partial charge in [0, 0.05) is 24.2 Å². The van der Waals surface area contributed by atoms with Crippen LogP contribution in [0.15, 0.2) is 42.5 Å². The summed E-state index contributed by atoms with van der Waals surface area (Å²) < 4.78 is 33.1. The van der Waals surface area contributed by atoms with Crippen molar-refractivity contribution in [3.8, 4) is 5.75 Å². The minimum atomic E-state index is -0.655. The number of hydrogen-bond donors (Lipinski definition) is 2. The molecule has 0 radical (unpaired) electrons. The van der Waals surface area contributed by atoms with Gasteiger partial charge in [0.25, 0.3) is 0 Å². The van der Waals surface area contributed by atoms with Crippen LogP contribution >= 0.6 is 0 Å². The molecule has 7 heteroatoms. The zero-order chi connectivity index (χ0) is 21.3. The van der Waals surface area contributed by atoms with Gasteiger partial charge in [-0.1, -0.05) is 25.1 Å². The van der Waals surface area contributed by atoms with Crippen molar-refractivity contribution in [1.29, 1.82) is 0 Å². The fourth-order valence-corrected chi connectivity index (χ4v) is 3.42. The smallest absolute Gasteiger partial charge is 0.318 e. The van der Waals surface area contributed by atoms with Crippen molar-refractivity contribution in [2.24, 2.45) is 0 Å². The van der Waals surface area contributed by atoms with Crippen LogP contribution in [0.2, 0.25) is 0 Å². The average molecular weight is 418 g/mol. The Balaban J connectivity index is 1.72. The highest BCUT2D eigenvalue weighted by Gasteiger charge is 2.21. The second-order valence-corrected chi connectivity index (χ2v) is 7.56. The Morgan fingerprint density at radius 1 is 1.13 bits per heavy atom. The molecule has 162 valence electrons. The number of nitrogens with zero attached hydrogens (tertiary/aromatic N) is 1. The molecule has 5 nitrogen and oxygen atoms in total. The predicted octanol–water partition coefficient (Wildman–Crippen LogP) is 4.22. The van der Waals surface area contributed by atoms with E-state index < -0.39 is 11.6 Å². The quantitative estimate of drug-likeness (QED) is 0.676. The maximum Gasteiger partial charge on any atom is 0.318 e. The first-order valence-electron chi connectivity index (χ1n) is 10.5. The number of urea groups is 1. The van der Waals surface area contributed by atoms with Crippen LogP contribution < -0.4 is 15.4 Å². The molecule has 0 saturated carbocycles. The molecule has 0 unspecified atom stereocenters. The minimum Gasteiger partial charge on any atom is -0.494 e. The molecule has 1 aliphatic heterocycles. The summed E-state index contributed by atoms with van der Waals surface area (Å²) in [6.45, 7) is 4.77. The Bertz CT molecular complexity index is 824. The number of nitrogens with one attached hydrogen (secondary N) is 2. The molecule has 0 bridgehead atoms. The zero-order valence-electron chi connectivity index (χ0n) is 17.3. The lowest BCUT2D eigenvalue weighted by Gasteiger charge is -2.29. The third-order valence-electron chi connectivity index (χ3n) is 5.10. The number of carbonyl (C=O) groups is 1. The fourth-order valence-electron chi connectivity index (χ4n) is 3.42. The van der Waals surface area contributed by atoms with Gasteiger partial charge in [-0.2, -0.15) is 0 Å². The number of amides is 2. The topological polar surface area (TPSA) is 53.6 Å². The highest BCUT2D eigenvalue weighted by atomic mass is 19.1. The number of piperidine rings is 1. The van der Waals surface area contributed by atoms with Crippen molar-refractivity contribution in [2.75, 3.05) is 19.7 Å². The van der Waals surface area contributed by atoms with Crippen LogP contribution in [-0.4, -0.2) is 36.7 Å². The molecule has 0 aliphatic carbocycles. The average Bonchev–Trinajstić information content (AvgIpc) is 2.75. The van der Waals surface area contributed by atoms with E-state index in [1.807, 2.05) is 31.2 Å².